The van der Waals surface area contributed by atoms with E-state index >= 15 is 0 Å². The van der Waals surface area contributed by atoms with Gasteiger partial charge in [-0.15, -0.1) is 0 Å². The molecule has 0 spiro atoms. The SMILES string of the molecule is c1ccc(-c2cccc(-c3ccc4oc5c(-n6c7ccccc7c7ccccc76)cccc5c4c3)c2)cc1. The number of aromatic nitrogens is 1. The number of nitrogens with zero attached hydrogens (tertiary/aromatic N) is 1. The Kier molecular flexibility index (Phi) is 4.55. The monoisotopic (exact) mass is 485 g/mol. The average Bonchev–Trinajstić information content (AvgIpc) is 3.53. The Hall–Kier alpha value is -5.08. The van der Waals surface area contributed by atoms with E-state index < -0.39 is 0 Å². The van der Waals surface area contributed by atoms with Crippen molar-refractivity contribution in [2.24, 2.45) is 0 Å². The van der Waals surface area contributed by atoms with Gasteiger partial charge < -0.3 is 8.98 Å². The van der Waals surface area contributed by atoms with Crippen molar-refractivity contribution in [3.8, 4) is 27.9 Å². The van der Waals surface area contributed by atoms with Crippen molar-refractivity contribution < 1.29 is 4.42 Å². The Morgan fingerprint density at radius 1 is 0.395 bits per heavy atom. The van der Waals surface area contributed by atoms with Crippen molar-refractivity contribution in [2.75, 3.05) is 0 Å². The fourth-order valence-corrected chi connectivity index (χ4v) is 5.83. The van der Waals surface area contributed by atoms with Crippen LogP contribution in [0.15, 0.2) is 144 Å². The molecule has 0 aliphatic carbocycles. The van der Waals surface area contributed by atoms with Gasteiger partial charge in [-0.3, -0.25) is 0 Å². The van der Waals surface area contributed by atoms with Crippen molar-refractivity contribution in [1.29, 1.82) is 0 Å². The highest BCUT2D eigenvalue weighted by molar-refractivity contribution is 6.13. The minimum absolute atomic E-state index is 0.899. The molecule has 0 saturated carbocycles. The second-order valence-electron chi connectivity index (χ2n) is 9.78. The molecular formula is C36H23NO. The summed E-state index contributed by atoms with van der Waals surface area (Å²) < 4.78 is 8.90. The minimum Gasteiger partial charge on any atom is -0.454 e. The molecule has 0 aliphatic heterocycles. The highest BCUT2D eigenvalue weighted by Crippen LogP contribution is 2.39. The Labute approximate surface area is 220 Å². The Balaban J connectivity index is 1.34. The quantitative estimate of drug-likeness (QED) is 0.243. The standard InChI is InChI=1S/C36H23NO/c1-2-10-24(11-3-1)25-12-8-13-26(22-25)27-20-21-35-31(23-27)30-16-9-19-34(36(30)38-35)37-32-17-6-4-14-28(32)29-15-5-7-18-33(29)37/h1-23H. The summed E-state index contributed by atoms with van der Waals surface area (Å²) in [5, 5.41) is 4.75. The highest BCUT2D eigenvalue weighted by Gasteiger charge is 2.17. The third kappa shape index (κ3) is 3.14. The molecule has 6 aromatic carbocycles. The van der Waals surface area contributed by atoms with Gasteiger partial charge in [-0.1, -0.05) is 103 Å². The molecule has 0 radical (unpaired) electrons. The number of hydrogen-bond donors (Lipinski definition) is 0. The molecule has 0 fully saturated rings. The van der Waals surface area contributed by atoms with Gasteiger partial charge in [0.1, 0.15) is 5.58 Å². The van der Waals surface area contributed by atoms with E-state index in [-0.39, 0.29) is 0 Å². The largest absolute Gasteiger partial charge is 0.454 e. The predicted octanol–water partition coefficient (Wildman–Crippen LogP) is 10.0. The first kappa shape index (κ1) is 21.0. The van der Waals surface area contributed by atoms with Gasteiger partial charge in [-0.25, -0.2) is 0 Å². The summed E-state index contributed by atoms with van der Waals surface area (Å²) in [7, 11) is 0. The lowest BCUT2D eigenvalue weighted by Crippen LogP contribution is -1.93. The number of hydrogen-bond acceptors (Lipinski definition) is 1. The van der Waals surface area contributed by atoms with Crippen molar-refractivity contribution in [3.63, 3.8) is 0 Å². The second-order valence-corrected chi connectivity index (χ2v) is 9.78. The van der Waals surface area contributed by atoms with Crippen LogP contribution in [0.25, 0.3) is 71.7 Å². The van der Waals surface area contributed by atoms with E-state index in [4.69, 9.17) is 4.42 Å². The van der Waals surface area contributed by atoms with Crippen LogP contribution < -0.4 is 0 Å². The molecule has 2 nitrogen and oxygen atoms in total. The molecule has 8 aromatic rings. The van der Waals surface area contributed by atoms with Gasteiger partial charge in [0.25, 0.3) is 0 Å². The van der Waals surface area contributed by atoms with E-state index in [9.17, 15) is 0 Å². The molecule has 0 saturated heterocycles. The highest BCUT2D eigenvalue weighted by atomic mass is 16.3. The van der Waals surface area contributed by atoms with E-state index in [1.54, 1.807) is 0 Å². The van der Waals surface area contributed by atoms with Crippen LogP contribution in [0.5, 0.6) is 0 Å². The summed E-state index contributed by atoms with van der Waals surface area (Å²) in [5.74, 6) is 0. The van der Waals surface area contributed by atoms with Crippen LogP contribution in [-0.2, 0) is 0 Å². The Morgan fingerprint density at radius 3 is 1.74 bits per heavy atom. The average molecular weight is 486 g/mol. The third-order valence-electron chi connectivity index (χ3n) is 7.60. The first-order valence-corrected chi connectivity index (χ1v) is 12.9. The number of rotatable bonds is 3. The zero-order chi connectivity index (χ0) is 25.1. The van der Waals surface area contributed by atoms with E-state index in [0.717, 1.165) is 27.6 Å². The first-order chi connectivity index (χ1) is 18.8. The van der Waals surface area contributed by atoms with E-state index in [0.29, 0.717) is 0 Å². The van der Waals surface area contributed by atoms with Crippen LogP contribution in [0.1, 0.15) is 0 Å². The van der Waals surface area contributed by atoms with Crippen LogP contribution in [0.2, 0.25) is 0 Å². The predicted molar refractivity (Wildman–Crippen MR) is 159 cm³/mol. The van der Waals surface area contributed by atoms with Crippen molar-refractivity contribution in [1.82, 2.24) is 4.57 Å². The van der Waals surface area contributed by atoms with Crippen LogP contribution in [0.3, 0.4) is 0 Å². The fraction of sp³-hybridized carbons (Fsp3) is 0. The molecule has 0 amide bonds. The molecule has 0 unspecified atom stereocenters. The maximum absolute atomic E-state index is 6.57. The van der Waals surface area contributed by atoms with E-state index in [1.807, 2.05) is 0 Å². The summed E-state index contributed by atoms with van der Waals surface area (Å²) in [6, 6.07) is 49.5. The number of furan rings is 1. The summed E-state index contributed by atoms with van der Waals surface area (Å²) in [5.41, 5.74) is 10.0. The van der Waals surface area contributed by atoms with Crippen LogP contribution >= 0.6 is 0 Å². The van der Waals surface area contributed by atoms with Crippen LogP contribution in [-0.4, -0.2) is 4.57 Å². The maximum atomic E-state index is 6.57. The summed E-state index contributed by atoms with van der Waals surface area (Å²) >= 11 is 0. The lowest BCUT2D eigenvalue weighted by molar-refractivity contribution is 0.666. The van der Waals surface area contributed by atoms with Gasteiger partial charge in [-0.2, -0.15) is 0 Å². The molecule has 0 aliphatic rings. The van der Waals surface area contributed by atoms with Gasteiger partial charge in [-0.05, 0) is 58.7 Å². The van der Waals surface area contributed by atoms with E-state index in [1.165, 1.54) is 44.1 Å². The Morgan fingerprint density at radius 2 is 0.974 bits per heavy atom. The maximum Gasteiger partial charge on any atom is 0.159 e. The molecule has 0 N–H and O–H groups in total. The van der Waals surface area contributed by atoms with Gasteiger partial charge in [0.2, 0.25) is 0 Å². The van der Waals surface area contributed by atoms with Gasteiger partial charge in [0.05, 0.1) is 16.7 Å². The lowest BCUT2D eigenvalue weighted by atomic mass is 9.98. The van der Waals surface area contributed by atoms with Gasteiger partial charge >= 0.3 is 0 Å². The summed E-state index contributed by atoms with van der Waals surface area (Å²) in [4.78, 5) is 0. The Bertz CT molecular complexity index is 2080. The zero-order valence-corrected chi connectivity index (χ0v) is 20.6. The molecule has 2 aromatic heterocycles. The molecule has 178 valence electrons. The molecular weight excluding hydrogens is 462 g/mol. The van der Waals surface area contributed by atoms with E-state index in [2.05, 4.69) is 144 Å². The first-order valence-electron chi connectivity index (χ1n) is 12.9. The summed E-state index contributed by atoms with van der Waals surface area (Å²) in [6.07, 6.45) is 0. The molecule has 38 heavy (non-hydrogen) atoms. The smallest absolute Gasteiger partial charge is 0.159 e. The topological polar surface area (TPSA) is 18.1 Å². The van der Waals surface area contributed by atoms with Gasteiger partial charge in [0, 0.05) is 21.5 Å². The molecule has 2 heterocycles. The van der Waals surface area contributed by atoms with Crippen LogP contribution in [0.4, 0.5) is 0 Å². The molecule has 0 atom stereocenters. The normalized spacial score (nSPS) is 11.7. The fourth-order valence-electron chi connectivity index (χ4n) is 5.83. The second kappa shape index (κ2) is 8.22. The molecule has 2 heteroatoms. The van der Waals surface area contributed by atoms with Crippen molar-refractivity contribution >= 4 is 43.7 Å². The van der Waals surface area contributed by atoms with Gasteiger partial charge in [0.15, 0.2) is 5.58 Å². The lowest BCUT2D eigenvalue weighted by Gasteiger charge is -2.08. The number of para-hydroxylation sites is 3. The minimum atomic E-state index is 0.899. The summed E-state index contributed by atoms with van der Waals surface area (Å²) in [6.45, 7) is 0. The number of fused-ring (bicyclic) bond motifs is 6. The number of benzene rings is 6. The van der Waals surface area contributed by atoms with Crippen molar-refractivity contribution in [2.45, 2.75) is 0 Å². The third-order valence-corrected chi connectivity index (χ3v) is 7.60. The van der Waals surface area contributed by atoms with Crippen molar-refractivity contribution in [3.05, 3.63) is 140 Å². The molecule has 0 bridgehead atoms. The van der Waals surface area contributed by atoms with Crippen LogP contribution in [0, 0.1) is 0 Å². The molecule has 8 rings (SSSR count). The zero-order valence-electron chi connectivity index (χ0n) is 20.6.